The van der Waals surface area contributed by atoms with E-state index in [4.69, 9.17) is 5.11 Å². The largest absolute Gasteiger partial charge is 0.396 e. The molecule has 0 spiro atoms. The lowest BCUT2D eigenvalue weighted by Crippen LogP contribution is -2.40. The second kappa shape index (κ2) is 6.83. The minimum atomic E-state index is -0.677. The number of aliphatic hydroxyl groups is 1. The zero-order valence-electron chi connectivity index (χ0n) is 12.4. The fourth-order valence-electron chi connectivity index (χ4n) is 2.91. The lowest BCUT2D eigenvalue weighted by atomic mass is 9.86. The molecule has 1 amide bonds. The van der Waals surface area contributed by atoms with Gasteiger partial charge in [0.05, 0.1) is 4.92 Å². The molecule has 1 aromatic carbocycles. The number of rotatable bonds is 4. The van der Waals surface area contributed by atoms with E-state index < -0.39 is 16.6 Å². The first kappa shape index (κ1) is 16.4. The second-order valence-electron chi connectivity index (χ2n) is 5.69. The Morgan fingerprint density at radius 2 is 2.05 bits per heavy atom. The first-order valence-electron chi connectivity index (χ1n) is 7.26. The standard InChI is InChI=1S/C15H19FN2O4/c1-17(12-5-2-10(9-19)3-6-12)15(20)13-8-11(16)4-7-14(13)18(21)22/h4,7-8,10,12,19H,2-3,5-6,9H2,1H3. The normalized spacial score (nSPS) is 21.4. The maximum absolute atomic E-state index is 13.4. The van der Waals surface area contributed by atoms with Crippen molar-refractivity contribution in [2.45, 2.75) is 31.7 Å². The molecule has 0 heterocycles. The van der Waals surface area contributed by atoms with Crippen LogP contribution in [0.15, 0.2) is 18.2 Å². The van der Waals surface area contributed by atoms with E-state index >= 15 is 0 Å². The number of nitrogens with zero attached hydrogens (tertiary/aromatic N) is 2. The topological polar surface area (TPSA) is 83.7 Å². The molecule has 1 aliphatic rings. The third kappa shape index (κ3) is 3.41. The van der Waals surface area contributed by atoms with E-state index in [9.17, 15) is 19.3 Å². The molecule has 1 N–H and O–H groups in total. The number of halogens is 1. The van der Waals surface area contributed by atoms with Gasteiger partial charge in [0, 0.05) is 25.8 Å². The Balaban J connectivity index is 2.17. The molecule has 0 saturated heterocycles. The number of hydrogen-bond acceptors (Lipinski definition) is 4. The lowest BCUT2D eigenvalue weighted by Gasteiger charge is -2.34. The van der Waals surface area contributed by atoms with Gasteiger partial charge < -0.3 is 10.0 Å². The number of hydrogen-bond donors (Lipinski definition) is 1. The SMILES string of the molecule is CN(C(=O)c1cc(F)ccc1[N+](=O)[O-])C1CCC(CO)CC1. The zero-order chi connectivity index (χ0) is 16.3. The van der Waals surface area contributed by atoms with Crippen LogP contribution in [-0.4, -0.2) is 40.5 Å². The van der Waals surface area contributed by atoms with Crippen molar-refractivity contribution in [3.05, 3.63) is 39.7 Å². The maximum Gasteiger partial charge on any atom is 0.282 e. The van der Waals surface area contributed by atoms with E-state index in [0.29, 0.717) is 0 Å². The van der Waals surface area contributed by atoms with Gasteiger partial charge in [-0.05, 0) is 43.7 Å². The molecule has 0 radical (unpaired) electrons. The smallest absolute Gasteiger partial charge is 0.282 e. The van der Waals surface area contributed by atoms with Crippen molar-refractivity contribution in [3.63, 3.8) is 0 Å². The number of nitro benzene ring substituents is 1. The van der Waals surface area contributed by atoms with Gasteiger partial charge in [-0.3, -0.25) is 14.9 Å². The third-order valence-corrected chi connectivity index (χ3v) is 4.33. The van der Waals surface area contributed by atoms with Crippen molar-refractivity contribution in [1.82, 2.24) is 4.90 Å². The van der Waals surface area contributed by atoms with E-state index in [0.717, 1.165) is 43.9 Å². The van der Waals surface area contributed by atoms with Crippen molar-refractivity contribution in [2.24, 2.45) is 5.92 Å². The molecule has 2 rings (SSSR count). The minimum absolute atomic E-state index is 0.0434. The van der Waals surface area contributed by atoms with Gasteiger partial charge in [-0.1, -0.05) is 0 Å². The minimum Gasteiger partial charge on any atom is -0.396 e. The number of amides is 1. The number of nitro groups is 1. The van der Waals surface area contributed by atoms with Crippen molar-refractivity contribution < 1.29 is 19.2 Å². The van der Waals surface area contributed by atoms with Crippen molar-refractivity contribution in [3.8, 4) is 0 Å². The van der Waals surface area contributed by atoms with Gasteiger partial charge >= 0.3 is 0 Å². The fourth-order valence-corrected chi connectivity index (χ4v) is 2.91. The molecule has 0 aromatic heterocycles. The highest BCUT2D eigenvalue weighted by molar-refractivity contribution is 5.98. The molecule has 6 nitrogen and oxygen atoms in total. The van der Waals surface area contributed by atoms with Gasteiger partial charge in [0.15, 0.2) is 0 Å². The molecule has 0 atom stereocenters. The van der Waals surface area contributed by atoms with Gasteiger partial charge in [-0.15, -0.1) is 0 Å². The summed E-state index contributed by atoms with van der Waals surface area (Å²) in [5.74, 6) is -0.965. The van der Waals surface area contributed by atoms with Gasteiger partial charge in [-0.25, -0.2) is 4.39 Å². The molecule has 0 bridgehead atoms. The number of aliphatic hydroxyl groups excluding tert-OH is 1. The second-order valence-corrected chi connectivity index (χ2v) is 5.69. The molecule has 1 aliphatic carbocycles. The number of carbonyl (C=O) groups excluding carboxylic acids is 1. The number of carbonyl (C=O) groups is 1. The molecule has 0 aliphatic heterocycles. The van der Waals surface area contributed by atoms with Crippen LogP contribution in [0.25, 0.3) is 0 Å². The predicted octanol–water partition coefficient (Wildman–Crippen LogP) is 2.36. The maximum atomic E-state index is 13.4. The molecular weight excluding hydrogens is 291 g/mol. The summed E-state index contributed by atoms with van der Waals surface area (Å²) in [5.41, 5.74) is -0.612. The van der Waals surface area contributed by atoms with Crippen molar-refractivity contribution >= 4 is 11.6 Å². The summed E-state index contributed by atoms with van der Waals surface area (Å²) in [6.07, 6.45) is 3.08. The zero-order valence-corrected chi connectivity index (χ0v) is 12.4. The molecule has 1 saturated carbocycles. The Labute approximate surface area is 127 Å². The number of benzene rings is 1. The van der Waals surface area contributed by atoms with Crippen LogP contribution in [0.1, 0.15) is 36.0 Å². The highest BCUT2D eigenvalue weighted by atomic mass is 19.1. The first-order chi connectivity index (χ1) is 10.4. The average Bonchev–Trinajstić information content (AvgIpc) is 2.53. The molecule has 1 aromatic rings. The van der Waals surface area contributed by atoms with E-state index in [-0.39, 0.29) is 29.8 Å². The summed E-state index contributed by atoms with van der Waals surface area (Å²) in [7, 11) is 1.58. The lowest BCUT2D eigenvalue weighted by molar-refractivity contribution is -0.385. The molecule has 120 valence electrons. The Morgan fingerprint density at radius 1 is 1.41 bits per heavy atom. The Kier molecular flexibility index (Phi) is 5.07. The van der Waals surface area contributed by atoms with Crippen LogP contribution in [0.5, 0.6) is 0 Å². The molecule has 22 heavy (non-hydrogen) atoms. The van der Waals surface area contributed by atoms with Gasteiger partial charge in [0.1, 0.15) is 11.4 Å². The summed E-state index contributed by atoms with van der Waals surface area (Å²) in [5, 5.41) is 20.1. The van der Waals surface area contributed by atoms with E-state index in [1.807, 2.05) is 0 Å². The summed E-state index contributed by atoms with van der Waals surface area (Å²) >= 11 is 0. The van der Waals surface area contributed by atoms with Gasteiger partial charge in [-0.2, -0.15) is 0 Å². The van der Waals surface area contributed by atoms with Crippen molar-refractivity contribution in [1.29, 1.82) is 0 Å². The van der Waals surface area contributed by atoms with Gasteiger partial charge in [0.2, 0.25) is 0 Å². The van der Waals surface area contributed by atoms with Crippen LogP contribution in [-0.2, 0) is 0 Å². The van der Waals surface area contributed by atoms with E-state index in [1.165, 1.54) is 4.90 Å². The molecule has 7 heteroatoms. The highest BCUT2D eigenvalue weighted by Crippen LogP contribution is 2.29. The summed E-state index contributed by atoms with van der Waals surface area (Å²) < 4.78 is 13.4. The quantitative estimate of drug-likeness (QED) is 0.683. The highest BCUT2D eigenvalue weighted by Gasteiger charge is 2.30. The van der Waals surface area contributed by atoms with Crippen LogP contribution < -0.4 is 0 Å². The third-order valence-electron chi connectivity index (χ3n) is 4.33. The van der Waals surface area contributed by atoms with Crippen LogP contribution >= 0.6 is 0 Å². The first-order valence-corrected chi connectivity index (χ1v) is 7.26. The summed E-state index contributed by atoms with van der Waals surface area (Å²) in [4.78, 5) is 24.3. The Bertz CT molecular complexity index is 571. The summed E-state index contributed by atoms with van der Waals surface area (Å²) in [6, 6.07) is 2.86. The fraction of sp³-hybridized carbons (Fsp3) is 0.533. The average molecular weight is 310 g/mol. The molecule has 1 fully saturated rings. The van der Waals surface area contributed by atoms with Crippen LogP contribution in [0.2, 0.25) is 0 Å². The van der Waals surface area contributed by atoms with Crippen LogP contribution in [0.4, 0.5) is 10.1 Å². The molecule has 0 unspecified atom stereocenters. The predicted molar refractivity (Wildman–Crippen MR) is 78.0 cm³/mol. The van der Waals surface area contributed by atoms with Crippen LogP contribution in [0, 0.1) is 21.8 Å². The van der Waals surface area contributed by atoms with Crippen molar-refractivity contribution in [2.75, 3.05) is 13.7 Å². The van der Waals surface area contributed by atoms with Crippen LogP contribution in [0.3, 0.4) is 0 Å². The Hall–Kier alpha value is -2.02. The summed E-state index contributed by atoms with van der Waals surface area (Å²) in [6.45, 7) is 0.139. The van der Waals surface area contributed by atoms with E-state index in [2.05, 4.69) is 0 Å². The van der Waals surface area contributed by atoms with Gasteiger partial charge in [0.25, 0.3) is 11.6 Å². The monoisotopic (exact) mass is 310 g/mol. The Morgan fingerprint density at radius 3 is 2.59 bits per heavy atom. The van der Waals surface area contributed by atoms with E-state index in [1.54, 1.807) is 7.05 Å². The molecular formula is C15H19FN2O4.